The molecular formula is C14H14N2O4S. The van der Waals surface area contributed by atoms with Gasteiger partial charge in [0.15, 0.2) is 11.5 Å². The Kier molecular flexibility index (Phi) is 4.44. The predicted molar refractivity (Wildman–Crippen MR) is 79.0 cm³/mol. The lowest BCUT2D eigenvalue weighted by atomic mass is 10.2. The number of aromatic hydroxyl groups is 1. The normalized spacial score (nSPS) is 11.5. The fraction of sp³-hybridized carbons (Fsp3) is 0.0714. The summed E-state index contributed by atoms with van der Waals surface area (Å²) in [6.07, 6.45) is 1.29. The summed E-state index contributed by atoms with van der Waals surface area (Å²) in [6, 6.07) is 12.5. The molecule has 0 saturated carbocycles. The van der Waals surface area contributed by atoms with Gasteiger partial charge in [0.05, 0.1) is 18.2 Å². The molecule has 0 heterocycles. The van der Waals surface area contributed by atoms with E-state index in [4.69, 9.17) is 4.74 Å². The van der Waals surface area contributed by atoms with Crippen molar-refractivity contribution in [2.45, 2.75) is 4.90 Å². The molecule has 2 aromatic carbocycles. The van der Waals surface area contributed by atoms with Crippen molar-refractivity contribution < 1.29 is 18.3 Å². The van der Waals surface area contributed by atoms with Crippen molar-refractivity contribution in [2.75, 3.05) is 7.11 Å². The van der Waals surface area contributed by atoms with Gasteiger partial charge in [-0.25, -0.2) is 4.83 Å². The summed E-state index contributed by atoms with van der Waals surface area (Å²) in [5.74, 6) is 0.282. The molecule has 0 atom stereocenters. The zero-order valence-corrected chi connectivity index (χ0v) is 12.0. The molecule has 0 aliphatic carbocycles. The maximum absolute atomic E-state index is 11.9. The molecule has 7 heteroatoms. The van der Waals surface area contributed by atoms with Crippen molar-refractivity contribution in [1.82, 2.24) is 4.83 Å². The van der Waals surface area contributed by atoms with Gasteiger partial charge in [-0.15, -0.1) is 0 Å². The van der Waals surface area contributed by atoms with Crippen molar-refractivity contribution in [1.29, 1.82) is 0 Å². The molecule has 110 valence electrons. The molecule has 0 saturated heterocycles. The average molecular weight is 306 g/mol. The Morgan fingerprint density at radius 2 is 1.90 bits per heavy atom. The molecule has 2 aromatic rings. The molecule has 0 bridgehead atoms. The Morgan fingerprint density at radius 1 is 1.19 bits per heavy atom. The smallest absolute Gasteiger partial charge is 0.276 e. The second-order valence-corrected chi connectivity index (χ2v) is 5.76. The van der Waals surface area contributed by atoms with Gasteiger partial charge >= 0.3 is 0 Å². The highest BCUT2D eigenvalue weighted by atomic mass is 32.2. The van der Waals surface area contributed by atoms with Gasteiger partial charge in [-0.2, -0.15) is 13.5 Å². The second kappa shape index (κ2) is 6.27. The number of methoxy groups -OCH3 is 1. The van der Waals surface area contributed by atoms with E-state index in [-0.39, 0.29) is 10.6 Å². The van der Waals surface area contributed by atoms with Crippen LogP contribution < -0.4 is 9.57 Å². The van der Waals surface area contributed by atoms with Gasteiger partial charge in [-0.1, -0.05) is 18.2 Å². The summed E-state index contributed by atoms with van der Waals surface area (Å²) in [6.45, 7) is 0. The Labute approximate surface area is 122 Å². The van der Waals surface area contributed by atoms with Crippen molar-refractivity contribution in [3.63, 3.8) is 0 Å². The van der Waals surface area contributed by atoms with Crippen LogP contribution in [-0.4, -0.2) is 26.8 Å². The molecule has 0 spiro atoms. The maximum Gasteiger partial charge on any atom is 0.276 e. The fourth-order valence-electron chi connectivity index (χ4n) is 1.61. The van der Waals surface area contributed by atoms with Crippen molar-refractivity contribution in [3.8, 4) is 11.5 Å². The number of rotatable bonds is 5. The van der Waals surface area contributed by atoms with E-state index in [9.17, 15) is 13.5 Å². The van der Waals surface area contributed by atoms with Gasteiger partial charge in [0.2, 0.25) is 0 Å². The molecule has 2 rings (SSSR count). The summed E-state index contributed by atoms with van der Waals surface area (Å²) in [5.41, 5.74) is 0.532. The van der Waals surface area contributed by atoms with E-state index in [2.05, 4.69) is 9.93 Å². The van der Waals surface area contributed by atoms with Crippen LogP contribution in [0.4, 0.5) is 0 Å². The topological polar surface area (TPSA) is 88.0 Å². The van der Waals surface area contributed by atoms with Crippen molar-refractivity contribution >= 4 is 16.2 Å². The predicted octanol–water partition coefficient (Wildman–Crippen LogP) is 1.71. The summed E-state index contributed by atoms with van der Waals surface area (Å²) in [4.78, 5) is 2.23. The number of phenolic OH excluding ortho intramolecular Hbond substituents is 1. The summed E-state index contributed by atoms with van der Waals surface area (Å²) >= 11 is 0. The van der Waals surface area contributed by atoms with Crippen LogP contribution in [0.15, 0.2) is 58.5 Å². The standard InChI is InChI=1S/C14H14N2O4S/c1-20-14-8-7-11(9-13(14)17)10-15-16-21(18,19)12-5-3-2-4-6-12/h2-10,16-17H,1H3/b15-10+. The first-order chi connectivity index (χ1) is 10.0. The number of benzene rings is 2. The summed E-state index contributed by atoms with van der Waals surface area (Å²) < 4.78 is 28.7. The number of phenols is 1. The average Bonchev–Trinajstić information content (AvgIpc) is 2.48. The maximum atomic E-state index is 11.9. The van der Waals surface area contributed by atoms with E-state index in [0.29, 0.717) is 11.3 Å². The van der Waals surface area contributed by atoms with Crippen molar-refractivity contribution in [2.24, 2.45) is 5.10 Å². The zero-order chi connectivity index (χ0) is 15.3. The highest BCUT2D eigenvalue weighted by Gasteiger charge is 2.11. The Bertz CT molecular complexity index is 743. The first-order valence-electron chi connectivity index (χ1n) is 6.00. The third kappa shape index (κ3) is 3.73. The van der Waals surface area contributed by atoms with Crippen LogP contribution in [0.3, 0.4) is 0 Å². The third-order valence-electron chi connectivity index (χ3n) is 2.64. The van der Waals surface area contributed by atoms with Gasteiger partial charge in [0.25, 0.3) is 10.0 Å². The second-order valence-electron chi connectivity index (χ2n) is 4.10. The molecular weight excluding hydrogens is 292 g/mol. The van der Waals surface area contributed by atoms with Crippen LogP contribution in [0.25, 0.3) is 0 Å². The summed E-state index contributed by atoms with van der Waals surface area (Å²) in [7, 11) is -2.25. The number of hydrazone groups is 1. The SMILES string of the molecule is COc1ccc(/C=N/NS(=O)(=O)c2ccccc2)cc1O. The van der Waals surface area contributed by atoms with E-state index in [1.54, 1.807) is 30.3 Å². The van der Waals surface area contributed by atoms with E-state index in [1.165, 1.54) is 31.5 Å². The molecule has 0 amide bonds. The Hall–Kier alpha value is -2.54. The minimum absolute atomic E-state index is 0.0487. The Balaban J connectivity index is 2.11. The minimum atomic E-state index is -3.69. The van der Waals surface area contributed by atoms with Crippen molar-refractivity contribution in [3.05, 3.63) is 54.1 Å². The number of nitrogens with one attached hydrogen (secondary N) is 1. The number of hydrogen-bond donors (Lipinski definition) is 2. The van der Waals surface area contributed by atoms with Crippen LogP contribution in [0.5, 0.6) is 11.5 Å². The lowest BCUT2D eigenvalue weighted by Crippen LogP contribution is -2.18. The largest absolute Gasteiger partial charge is 0.504 e. The first kappa shape index (κ1) is 14.9. The monoisotopic (exact) mass is 306 g/mol. The quantitative estimate of drug-likeness (QED) is 0.650. The molecule has 2 N–H and O–H groups in total. The number of hydrogen-bond acceptors (Lipinski definition) is 5. The van der Waals surface area contributed by atoms with Gasteiger partial charge in [0, 0.05) is 0 Å². The van der Waals surface area contributed by atoms with E-state index >= 15 is 0 Å². The minimum Gasteiger partial charge on any atom is -0.504 e. The van der Waals surface area contributed by atoms with Gasteiger partial charge in [0.1, 0.15) is 0 Å². The Morgan fingerprint density at radius 3 is 2.52 bits per heavy atom. The lowest BCUT2D eigenvalue weighted by Gasteiger charge is -2.04. The van der Waals surface area contributed by atoms with Gasteiger partial charge < -0.3 is 9.84 Å². The highest BCUT2D eigenvalue weighted by molar-refractivity contribution is 7.89. The number of sulfonamides is 1. The molecule has 0 aromatic heterocycles. The molecule has 0 unspecified atom stereocenters. The van der Waals surface area contributed by atoms with Crippen LogP contribution >= 0.6 is 0 Å². The number of nitrogens with zero attached hydrogens (tertiary/aromatic N) is 1. The third-order valence-corrected chi connectivity index (χ3v) is 3.88. The fourth-order valence-corrected chi connectivity index (χ4v) is 2.42. The molecule has 0 fully saturated rings. The van der Waals surface area contributed by atoms with Crippen LogP contribution in [0.1, 0.15) is 5.56 Å². The lowest BCUT2D eigenvalue weighted by molar-refractivity contribution is 0.373. The van der Waals surface area contributed by atoms with Gasteiger partial charge in [-0.05, 0) is 35.9 Å². The van der Waals surface area contributed by atoms with Crippen LogP contribution in [0, 0.1) is 0 Å². The molecule has 0 aliphatic rings. The molecule has 0 radical (unpaired) electrons. The summed E-state index contributed by atoms with van der Waals surface area (Å²) in [5, 5.41) is 13.3. The van der Waals surface area contributed by atoms with E-state index in [1.807, 2.05) is 0 Å². The molecule has 6 nitrogen and oxygen atoms in total. The number of ether oxygens (including phenoxy) is 1. The first-order valence-corrected chi connectivity index (χ1v) is 7.48. The van der Waals surface area contributed by atoms with Crippen LogP contribution in [0.2, 0.25) is 0 Å². The van der Waals surface area contributed by atoms with Gasteiger partial charge in [-0.3, -0.25) is 0 Å². The molecule has 21 heavy (non-hydrogen) atoms. The van der Waals surface area contributed by atoms with Crippen LogP contribution in [-0.2, 0) is 10.0 Å². The zero-order valence-electron chi connectivity index (χ0n) is 11.2. The van der Waals surface area contributed by atoms with E-state index in [0.717, 1.165) is 0 Å². The highest BCUT2D eigenvalue weighted by Crippen LogP contribution is 2.25. The van der Waals surface area contributed by atoms with E-state index < -0.39 is 10.0 Å². The molecule has 0 aliphatic heterocycles.